The Balaban J connectivity index is 2.46. The fourth-order valence-electron chi connectivity index (χ4n) is 3.55. The van der Waals surface area contributed by atoms with Crippen molar-refractivity contribution in [1.82, 2.24) is 0 Å². The van der Waals surface area contributed by atoms with Crippen LogP contribution in [0.5, 0.6) is 0 Å². The summed E-state index contributed by atoms with van der Waals surface area (Å²) in [5.41, 5.74) is 1.95. The maximum absolute atomic E-state index is 2.57. The third-order valence-electron chi connectivity index (χ3n) is 6.09. The Morgan fingerprint density at radius 1 is 1.00 bits per heavy atom. The Morgan fingerprint density at radius 3 is 1.94 bits per heavy atom. The summed E-state index contributed by atoms with van der Waals surface area (Å²) in [7, 11) is -1.15. The maximum atomic E-state index is 2.57. The molecule has 0 aromatic heterocycles. The normalized spacial score (nSPS) is 29.2. The summed E-state index contributed by atoms with van der Waals surface area (Å²) in [4.78, 5) is 0. The first-order chi connectivity index (χ1) is 7.70. The van der Waals surface area contributed by atoms with Crippen molar-refractivity contribution in [2.75, 3.05) is 0 Å². The molecule has 0 aliphatic carbocycles. The molecule has 0 bridgehead atoms. The first-order valence-corrected chi connectivity index (χ1v) is 9.96. The molecule has 0 spiro atoms. The van der Waals surface area contributed by atoms with Crippen LogP contribution in [0.25, 0.3) is 0 Å². The van der Waals surface area contributed by atoms with E-state index in [0.29, 0.717) is 10.5 Å². The zero-order chi connectivity index (χ0) is 12.9. The second-order valence-corrected chi connectivity index (χ2v) is 12.8. The molecule has 94 valence electrons. The van der Waals surface area contributed by atoms with Gasteiger partial charge < -0.3 is 0 Å². The summed E-state index contributed by atoms with van der Waals surface area (Å²) in [5, 5.41) is 0.501. The van der Waals surface area contributed by atoms with E-state index in [1.165, 1.54) is 6.04 Å². The molecule has 1 aliphatic rings. The molecule has 1 heterocycles. The summed E-state index contributed by atoms with van der Waals surface area (Å²) in [5.74, 6) is 0.736. The lowest BCUT2D eigenvalue weighted by atomic mass is 9.69. The average Bonchev–Trinajstić information content (AvgIpc) is 2.37. The van der Waals surface area contributed by atoms with Crippen LogP contribution in [-0.2, 0) is 0 Å². The highest BCUT2D eigenvalue weighted by molar-refractivity contribution is 6.81. The molecule has 1 aromatic carbocycles. The lowest BCUT2D eigenvalue weighted by Crippen LogP contribution is -2.39. The smallest absolute Gasteiger partial charge is 0.0542 e. The molecule has 2 rings (SSSR count). The molecule has 1 unspecified atom stereocenters. The van der Waals surface area contributed by atoms with Gasteiger partial charge in [0.15, 0.2) is 0 Å². The van der Waals surface area contributed by atoms with Crippen molar-refractivity contribution in [3.05, 3.63) is 35.9 Å². The van der Waals surface area contributed by atoms with Crippen molar-refractivity contribution in [1.29, 1.82) is 0 Å². The first kappa shape index (κ1) is 12.9. The van der Waals surface area contributed by atoms with Crippen LogP contribution in [-0.4, -0.2) is 8.07 Å². The summed E-state index contributed by atoms with van der Waals surface area (Å²) >= 11 is 0. The Labute approximate surface area is 107 Å². The Hall–Kier alpha value is -0.563. The van der Waals surface area contributed by atoms with Gasteiger partial charge in [0.2, 0.25) is 0 Å². The molecular formula is C16H26Si. The zero-order valence-corrected chi connectivity index (χ0v) is 13.2. The molecule has 1 atom stereocenters. The molecule has 1 heteroatoms. The number of hydrogen-bond donors (Lipinski definition) is 0. The Kier molecular flexibility index (Phi) is 2.81. The lowest BCUT2D eigenvalue weighted by Gasteiger charge is -2.44. The molecule has 1 aliphatic heterocycles. The molecular weight excluding hydrogens is 220 g/mol. The van der Waals surface area contributed by atoms with Gasteiger partial charge in [-0.3, -0.25) is 0 Å². The predicted molar refractivity (Wildman–Crippen MR) is 79.3 cm³/mol. The van der Waals surface area contributed by atoms with Gasteiger partial charge in [0.05, 0.1) is 8.07 Å². The lowest BCUT2D eigenvalue weighted by molar-refractivity contribution is 0.240. The molecule has 1 fully saturated rings. The van der Waals surface area contributed by atoms with Gasteiger partial charge in [0, 0.05) is 0 Å². The molecule has 0 nitrogen and oxygen atoms in total. The van der Waals surface area contributed by atoms with E-state index in [1.807, 2.05) is 0 Å². The van der Waals surface area contributed by atoms with Gasteiger partial charge in [-0.15, -0.1) is 0 Å². The molecule has 0 N–H and O–H groups in total. The molecule has 1 aromatic rings. The maximum Gasteiger partial charge on any atom is 0.0542 e. The van der Waals surface area contributed by atoms with Crippen LogP contribution < -0.4 is 0 Å². The molecule has 0 radical (unpaired) electrons. The van der Waals surface area contributed by atoms with Gasteiger partial charge in [0.25, 0.3) is 0 Å². The van der Waals surface area contributed by atoms with Crippen LogP contribution >= 0.6 is 0 Å². The van der Waals surface area contributed by atoms with E-state index < -0.39 is 8.07 Å². The Bertz CT molecular complexity index is 401. The van der Waals surface area contributed by atoms with E-state index in [2.05, 4.69) is 71.1 Å². The third kappa shape index (κ3) is 1.70. The van der Waals surface area contributed by atoms with Crippen molar-refractivity contribution < 1.29 is 0 Å². The second kappa shape index (κ2) is 3.71. The summed E-state index contributed by atoms with van der Waals surface area (Å²) in [6.45, 7) is 15.1. The topological polar surface area (TPSA) is 0 Å². The summed E-state index contributed by atoms with van der Waals surface area (Å²) in [6.07, 6.45) is 0. The van der Waals surface area contributed by atoms with Gasteiger partial charge in [-0.25, -0.2) is 0 Å². The molecule has 0 saturated carbocycles. The molecule has 1 saturated heterocycles. The van der Waals surface area contributed by atoms with Crippen molar-refractivity contribution >= 4 is 8.07 Å². The quantitative estimate of drug-likeness (QED) is 0.590. The van der Waals surface area contributed by atoms with Gasteiger partial charge in [-0.2, -0.15) is 0 Å². The minimum Gasteiger partial charge on any atom is -0.0689 e. The van der Waals surface area contributed by atoms with E-state index in [0.717, 1.165) is 5.92 Å². The van der Waals surface area contributed by atoms with E-state index >= 15 is 0 Å². The first-order valence-electron chi connectivity index (χ1n) is 6.75. The van der Waals surface area contributed by atoms with Crippen LogP contribution in [0.3, 0.4) is 0 Å². The van der Waals surface area contributed by atoms with Crippen LogP contribution in [0.1, 0.15) is 39.2 Å². The fourth-order valence-corrected chi connectivity index (χ4v) is 7.74. The highest BCUT2D eigenvalue weighted by Gasteiger charge is 2.59. The van der Waals surface area contributed by atoms with E-state index in [1.54, 1.807) is 5.56 Å². The zero-order valence-electron chi connectivity index (χ0n) is 12.2. The SMILES string of the molecule is CC1(C)C(c2ccccc2)C[Si](C)(C)C1(C)C. The van der Waals surface area contributed by atoms with Crippen molar-refractivity contribution in [3.63, 3.8) is 0 Å². The number of benzene rings is 1. The van der Waals surface area contributed by atoms with E-state index in [-0.39, 0.29) is 0 Å². The average molecular weight is 246 g/mol. The third-order valence-corrected chi connectivity index (χ3v) is 11.5. The molecule has 0 amide bonds. The fraction of sp³-hybridized carbons (Fsp3) is 0.625. The minimum atomic E-state index is -1.15. The van der Waals surface area contributed by atoms with Crippen LogP contribution in [0.15, 0.2) is 30.3 Å². The van der Waals surface area contributed by atoms with Gasteiger partial charge in [0.1, 0.15) is 0 Å². The number of rotatable bonds is 1. The van der Waals surface area contributed by atoms with Gasteiger partial charge in [-0.05, 0) is 28.0 Å². The highest BCUT2D eigenvalue weighted by Crippen LogP contribution is 2.67. The molecule has 17 heavy (non-hydrogen) atoms. The predicted octanol–water partition coefficient (Wildman–Crippen LogP) is 5.30. The largest absolute Gasteiger partial charge is 0.0689 e. The monoisotopic (exact) mass is 246 g/mol. The van der Waals surface area contributed by atoms with Crippen LogP contribution in [0.4, 0.5) is 0 Å². The number of hydrogen-bond acceptors (Lipinski definition) is 0. The highest BCUT2D eigenvalue weighted by atomic mass is 28.3. The summed E-state index contributed by atoms with van der Waals surface area (Å²) < 4.78 is 0. The van der Waals surface area contributed by atoms with Crippen LogP contribution in [0.2, 0.25) is 24.2 Å². The van der Waals surface area contributed by atoms with E-state index in [9.17, 15) is 0 Å². The minimum absolute atomic E-state index is 0.407. The van der Waals surface area contributed by atoms with Crippen molar-refractivity contribution in [3.8, 4) is 0 Å². The van der Waals surface area contributed by atoms with Crippen molar-refractivity contribution in [2.24, 2.45) is 5.41 Å². The van der Waals surface area contributed by atoms with Gasteiger partial charge >= 0.3 is 0 Å². The van der Waals surface area contributed by atoms with Crippen LogP contribution in [0, 0.1) is 5.41 Å². The van der Waals surface area contributed by atoms with Gasteiger partial charge in [-0.1, -0.05) is 71.1 Å². The summed E-state index contributed by atoms with van der Waals surface area (Å²) in [6, 6.07) is 12.6. The van der Waals surface area contributed by atoms with E-state index in [4.69, 9.17) is 0 Å². The second-order valence-electron chi connectivity index (χ2n) is 7.40. The van der Waals surface area contributed by atoms with Crippen molar-refractivity contribution in [2.45, 2.75) is 57.8 Å². The Morgan fingerprint density at radius 2 is 1.53 bits per heavy atom. The standard InChI is InChI=1S/C16H26Si/c1-15(2)14(13-10-8-7-9-11-13)12-17(5,6)16(15,3)4/h7-11,14H,12H2,1-6H3.